The van der Waals surface area contributed by atoms with Gasteiger partial charge in [0.05, 0.1) is 6.54 Å². The van der Waals surface area contributed by atoms with Crippen LogP contribution in [0.25, 0.3) is 0 Å². The SMILES string of the molecule is CC.CCc1cnc(CN2CCC(C)CC2)nc1. The van der Waals surface area contributed by atoms with Crippen LogP contribution in [0.1, 0.15) is 51.9 Å². The van der Waals surface area contributed by atoms with Gasteiger partial charge in [-0.3, -0.25) is 4.90 Å². The van der Waals surface area contributed by atoms with Crippen LogP contribution in [-0.2, 0) is 13.0 Å². The summed E-state index contributed by atoms with van der Waals surface area (Å²) in [5.41, 5.74) is 1.22. The minimum absolute atomic E-state index is 0.889. The van der Waals surface area contributed by atoms with E-state index in [4.69, 9.17) is 0 Å². The third kappa shape index (κ3) is 4.73. The third-order valence-corrected chi connectivity index (χ3v) is 3.41. The molecule has 0 atom stereocenters. The summed E-state index contributed by atoms with van der Waals surface area (Å²) in [7, 11) is 0. The minimum Gasteiger partial charge on any atom is -0.296 e. The Bertz CT molecular complexity index is 313. The lowest BCUT2D eigenvalue weighted by Crippen LogP contribution is -2.32. The second-order valence-corrected chi connectivity index (χ2v) is 4.82. The predicted molar refractivity (Wildman–Crippen MR) is 76.4 cm³/mol. The molecular weight excluding hydrogens is 222 g/mol. The van der Waals surface area contributed by atoms with Crippen molar-refractivity contribution in [2.75, 3.05) is 13.1 Å². The van der Waals surface area contributed by atoms with Gasteiger partial charge in [0, 0.05) is 12.4 Å². The lowest BCUT2D eigenvalue weighted by Gasteiger charge is -2.29. The Kier molecular flexibility index (Phi) is 6.88. The molecule has 2 rings (SSSR count). The molecule has 0 spiro atoms. The van der Waals surface area contributed by atoms with E-state index in [1.807, 2.05) is 26.2 Å². The molecule has 0 saturated carbocycles. The molecule has 2 heterocycles. The second-order valence-electron chi connectivity index (χ2n) is 4.82. The van der Waals surface area contributed by atoms with Gasteiger partial charge in [-0.25, -0.2) is 9.97 Å². The fourth-order valence-corrected chi connectivity index (χ4v) is 2.07. The van der Waals surface area contributed by atoms with E-state index in [0.717, 1.165) is 24.7 Å². The molecule has 102 valence electrons. The number of hydrogen-bond acceptors (Lipinski definition) is 3. The average Bonchev–Trinajstić information content (AvgIpc) is 2.44. The summed E-state index contributed by atoms with van der Waals surface area (Å²) < 4.78 is 0. The first-order valence-electron chi connectivity index (χ1n) is 7.30. The van der Waals surface area contributed by atoms with Crippen LogP contribution in [0.2, 0.25) is 0 Å². The van der Waals surface area contributed by atoms with Gasteiger partial charge in [0.1, 0.15) is 5.82 Å². The molecule has 1 fully saturated rings. The van der Waals surface area contributed by atoms with E-state index in [0.29, 0.717) is 0 Å². The van der Waals surface area contributed by atoms with Crippen LogP contribution in [0.4, 0.5) is 0 Å². The molecule has 0 N–H and O–H groups in total. The summed E-state index contributed by atoms with van der Waals surface area (Å²) in [4.78, 5) is 11.3. The summed E-state index contributed by atoms with van der Waals surface area (Å²) in [6.07, 6.45) is 7.55. The highest BCUT2D eigenvalue weighted by Crippen LogP contribution is 2.16. The second kappa shape index (κ2) is 8.20. The molecule has 1 aromatic rings. The summed E-state index contributed by atoms with van der Waals surface area (Å²) in [6, 6.07) is 0. The van der Waals surface area contributed by atoms with Crippen molar-refractivity contribution >= 4 is 0 Å². The normalized spacial score (nSPS) is 17.1. The molecule has 0 unspecified atom stereocenters. The Morgan fingerprint density at radius 2 is 1.72 bits per heavy atom. The van der Waals surface area contributed by atoms with Crippen molar-refractivity contribution in [2.24, 2.45) is 5.92 Å². The van der Waals surface area contributed by atoms with Crippen LogP contribution in [0, 0.1) is 5.92 Å². The van der Waals surface area contributed by atoms with E-state index in [-0.39, 0.29) is 0 Å². The quantitative estimate of drug-likeness (QED) is 0.823. The van der Waals surface area contributed by atoms with Crippen LogP contribution in [0.5, 0.6) is 0 Å². The lowest BCUT2D eigenvalue weighted by atomic mass is 9.99. The van der Waals surface area contributed by atoms with Crippen LogP contribution in [-0.4, -0.2) is 28.0 Å². The fourth-order valence-electron chi connectivity index (χ4n) is 2.07. The molecule has 3 nitrogen and oxygen atoms in total. The molecule has 0 aliphatic carbocycles. The maximum absolute atomic E-state index is 4.41. The Labute approximate surface area is 112 Å². The largest absolute Gasteiger partial charge is 0.296 e. The van der Waals surface area contributed by atoms with Crippen LogP contribution >= 0.6 is 0 Å². The van der Waals surface area contributed by atoms with Crippen molar-refractivity contribution in [3.63, 3.8) is 0 Å². The van der Waals surface area contributed by atoms with Gasteiger partial charge in [0.25, 0.3) is 0 Å². The van der Waals surface area contributed by atoms with Crippen molar-refractivity contribution < 1.29 is 0 Å². The maximum Gasteiger partial charge on any atom is 0.142 e. The van der Waals surface area contributed by atoms with E-state index in [1.165, 1.54) is 31.5 Å². The van der Waals surface area contributed by atoms with Gasteiger partial charge in [0.15, 0.2) is 0 Å². The highest BCUT2D eigenvalue weighted by Gasteiger charge is 2.16. The average molecular weight is 249 g/mol. The van der Waals surface area contributed by atoms with Gasteiger partial charge in [-0.1, -0.05) is 27.7 Å². The third-order valence-electron chi connectivity index (χ3n) is 3.41. The fraction of sp³-hybridized carbons (Fsp3) is 0.733. The summed E-state index contributed by atoms with van der Waals surface area (Å²) in [5.74, 6) is 1.85. The van der Waals surface area contributed by atoms with E-state index in [1.54, 1.807) is 0 Å². The monoisotopic (exact) mass is 249 g/mol. The number of likely N-dealkylation sites (tertiary alicyclic amines) is 1. The number of aryl methyl sites for hydroxylation is 1. The number of piperidine rings is 1. The standard InChI is InChI=1S/C13H21N3.C2H6/c1-3-12-8-14-13(15-9-12)10-16-6-4-11(2)5-7-16;1-2/h8-9,11H,3-7,10H2,1-2H3;1-2H3. The van der Waals surface area contributed by atoms with Crippen LogP contribution in [0.15, 0.2) is 12.4 Å². The van der Waals surface area contributed by atoms with Gasteiger partial charge in [-0.05, 0) is 43.8 Å². The topological polar surface area (TPSA) is 29.0 Å². The van der Waals surface area contributed by atoms with Gasteiger partial charge >= 0.3 is 0 Å². The van der Waals surface area contributed by atoms with Crippen LogP contribution in [0.3, 0.4) is 0 Å². The lowest BCUT2D eigenvalue weighted by molar-refractivity contribution is 0.181. The van der Waals surface area contributed by atoms with E-state index < -0.39 is 0 Å². The summed E-state index contributed by atoms with van der Waals surface area (Å²) in [6.45, 7) is 11.8. The van der Waals surface area contributed by atoms with Gasteiger partial charge < -0.3 is 0 Å². The Balaban J connectivity index is 0.000000771. The minimum atomic E-state index is 0.889. The molecule has 0 radical (unpaired) electrons. The molecule has 0 aromatic carbocycles. The highest BCUT2D eigenvalue weighted by atomic mass is 15.1. The van der Waals surface area contributed by atoms with Crippen LogP contribution < -0.4 is 0 Å². The smallest absolute Gasteiger partial charge is 0.142 e. The predicted octanol–water partition coefficient (Wildman–Crippen LogP) is 3.30. The van der Waals surface area contributed by atoms with Crippen molar-refractivity contribution in [2.45, 2.75) is 53.5 Å². The molecule has 18 heavy (non-hydrogen) atoms. The summed E-state index contributed by atoms with van der Waals surface area (Å²) >= 11 is 0. The zero-order chi connectivity index (χ0) is 13.4. The van der Waals surface area contributed by atoms with E-state index >= 15 is 0 Å². The molecule has 3 heteroatoms. The molecular formula is C15H27N3. The first-order chi connectivity index (χ1) is 8.78. The highest BCUT2D eigenvalue weighted by molar-refractivity contribution is 5.04. The van der Waals surface area contributed by atoms with Gasteiger partial charge in [-0.2, -0.15) is 0 Å². The van der Waals surface area contributed by atoms with E-state index in [9.17, 15) is 0 Å². The molecule has 1 saturated heterocycles. The van der Waals surface area contributed by atoms with Gasteiger partial charge in [0.2, 0.25) is 0 Å². The van der Waals surface area contributed by atoms with Crippen molar-refractivity contribution in [1.82, 2.24) is 14.9 Å². The molecule has 1 aliphatic rings. The summed E-state index contributed by atoms with van der Waals surface area (Å²) in [5, 5.41) is 0. The zero-order valence-electron chi connectivity index (χ0n) is 12.3. The molecule has 0 amide bonds. The molecule has 1 aromatic heterocycles. The number of hydrogen-bond donors (Lipinski definition) is 0. The first kappa shape index (κ1) is 15.1. The Hall–Kier alpha value is -0.960. The Morgan fingerprint density at radius 3 is 2.22 bits per heavy atom. The van der Waals surface area contributed by atoms with Crippen molar-refractivity contribution in [1.29, 1.82) is 0 Å². The number of nitrogens with zero attached hydrogens (tertiary/aromatic N) is 3. The Morgan fingerprint density at radius 1 is 1.17 bits per heavy atom. The molecule has 0 bridgehead atoms. The first-order valence-corrected chi connectivity index (χ1v) is 7.30. The molecule has 1 aliphatic heterocycles. The maximum atomic E-state index is 4.41. The van der Waals surface area contributed by atoms with Gasteiger partial charge in [-0.15, -0.1) is 0 Å². The number of aromatic nitrogens is 2. The zero-order valence-corrected chi connectivity index (χ0v) is 12.3. The van der Waals surface area contributed by atoms with Crippen molar-refractivity contribution in [3.05, 3.63) is 23.8 Å². The number of rotatable bonds is 3. The van der Waals surface area contributed by atoms with E-state index in [2.05, 4.69) is 28.7 Å². The van der Waals surface area contributed by atoms with Crippen molar-refractivity contribution in [3.8, 4) is 0 Å².